The number of halogens is 4. The van der Waals surface area contributed by atoms with Gasteiger partial charge in [-0.2, -0.15) is 0 Å². The molecule has 0 saturated carbocycles. The maximum absolute atomic E-state index is 14.2. The molecule has 5 nitrogen and oxygen atoms in total. The fraction of sp³-hybridized carbons (Fsp3) is 0.500. The minimum absolute atomic E-state index is 0.104. The Kier molecular flexibility index (Phi) is 6.04. The Bertz CT molecular complexity index is 532. The molecule has 122 valence electrons. The Labute approximate surface area is 147 Å². The molecule has 1 aliphatic carbocycles. The molecule has 0 aromatic carbocycles. The molecule has 0 bridgehead atoms. The predicted octanol–water partition coefficient (Wildman–Crippen LogP) is 3.38. The number of hydrogen-bond donors (Lipinski definition) is 0. The molecule has 1 aliphatic heterocycles. The normalized spacial score (nSPS) is 26.4. The van der Waals surface area contributed by atoms with Crippen molar-refractivity contribution in [3.63, 3.8) is 0 Å². The van der Waals surface area contributed by atoms with E-state index in [4.69, 9.17) is 51.8 Å². The number of nitrogens with zero attached hydrogens (tertiary/aromatic N) is 3. The van der Waals surface area contributed by atoms with Crippen molar-refractivity contribution in [2.75, 3.05) is 13.7 Å². The van der Waals surface area contributed by atoms with Gasteiger partial charge in [0.05, 0.1) is 15.9 Å². The molecule has 2 rings (SSSR count). The summed E-state index contributed by atoms with van der Waals surface area (Å²) in [6, 6.07) is -1.56. The second-order valence-corrected chi connectivity index (χ2v) is 6.48. The van der Waals surface area contributed by atoms with Gasteiger partial charge in [0.2, 0.25) is 0 Å². The lowest BCUT2D eigenvalue weighted by molar-refractivity contribution is -0.119. The number of carbonyl (C=O) groups excluding carboxylic acids is 1. The second-order valence-electron chi connectivity index (χ2n) is 4.58. The Morgan fingerprint density at radius 2 is 2.18 bits per heavy atom. The van der Waals surface area contributed by atoms with Crippen LogP contribution in [0.5, 0.6) is 0 Å². The summed E-state index contributed by atoms with van der Waals surface area (Å²) in [5.74, 6) is 0. The molecule has 2 atom stereocenters. The third-order valence-electron chi connectivity index (χ3n) is 3.33. The average Bonchev–Trinajstić information content (AvgIpc) is 2.72. The van der Waals surface area contributed by atoms with Gasteiger partial charge >= 0.3 is 6.03 Å². The van der Waals surface area contributed by atoms with Crippen molar-refractivity contribution in [1.82, 2.24) is 15.1 Å². The molecular weight excluding hydrogens is 376 g/mol. The van der Waals surface area contributed by atoms with Crippen molar-refractivity contribution in [3.8, 4) is 0 Å². The van der Waals surface area contributed by atoms with Crippen molar-refractivity contribution in [2.24, 2.45) is 0 Å². The molecule has 2 aliphatic rings. The van der Waals surface area contributed by atoms with Gasteiger partial charge in [-0.25, -0.2) is 4.79 Å². The van der Waals surface area contributed by atoms with Crippen LogP contribution < -0.4 is 0 Å². The van der Waals surface area contributed by atoms with Crippen molar-refractivity contribution in [1.29, 1.82) is 0 Å². The summed E-state index contributed by atoms with van der Waals surface area (Å²) in [5, 5.41) is 1.15. The van der Waals surface area contributed by atoms with Gasteiger partial charge in [0.1, 0.15) is 6.17 Å². The van der Waals surface area contributed by atoms with Crippen LogP contribution in [0, 0.1) is 0 Å². The highest BCUT2D eigenvalue weighted by Crippen LogP contribution is 2.34. The maximum Gasteiger partial charge on any atom is 0.366 e. The summed E-state index contributed by atoms with van der Waals surface area (Å²) in [6.07, 6.45) is 4.50. The van der Waals surface area contributed by atoms with Crippen molar-refractivity contribution >= 4 is 57.9 Å². The van der Waals surface area contributed by atoms with E-state index in [0.717, 1.165) is 5.01 Å². The first-order valence-corrected chi connectivity index (χ1v) is 7.97. The summed E-state index contributed by atoms with van der Waals surface area (Å²) in [5.41, 5.74) is 0. The number of ether oxygens (including phenoxy) is 1. The zero-order valence-electron chi connectivity index (χ0n) is 11.5. The van der Waals surface area contributed by atoms with Gasteiger partial charge in [-0.3, -0.25) is 4.90 Å². The standard InChI is InChI=1S/C12H13Cl3FN3O2S/c1-21-6-5-9-17(8-4-2-3-7(13)10(8)22)12(20)19(16)18(9)11(14)15/h2-4,8-9,11H,5-6H2,1H3. The number of allylic oxidation sites excluding steroid dienone is 2. The zero-order chi connectivity index (χ0) is 16.4. The summed E-state index contributed by atoms with van der Waals surface area (Å²) < 4.78 is 19.2. The Balaban J connectivity index is 2.34. The molecule has 1 fully saturated rings. The lowest BCUT2D eigenvalue weighted by Crippen LogP contribution is -2.49. The van der Waals surface area contributed by atoms with E-state index in [1.807, 2.05) is 0 Å². The highest BCUT2D eigenvalue weighted by molar-refractivity contribution is 7.81. The number of alkyl halides is 2. The van der Waals surface area contributed by atoms with E-state index < -0.39 is 23.2 Å². The third kappa shape index (κ3) is 3.25. The van der Waals surface area contributed by atoms with E-state index in [9.17, 15) is 9.28 Å². The number of urea groups is 1. The van der Waals surface area contributed by atoms with Crippen LogP contribution in [0.4, 0.5) is 9.28 Å². The summed E-state index contributed by atoms with van der Waals surface area (Å²) in [6.45, 7) is 0.284. The zero-order valence-corrected chi connectivity index (χ0v) is 14.5. The van der Waals surface area contributed by atoms with Gasteiger partial charge in [0.25, 0.3) is 0 Å². The highest BCUT2D eigenvalue weighted by atomic mass is 35.5. The van der Waals surface area contributed by atoms with Gasteiger partial charge in [0, 0.05) is 20.1 Å². The van der Waals surface area contributed by atoms with Gasteiger partial charge in [0.15, 0.2) is 4.96 Å². The van der Waals surface area contributed by atoms with Gasteiger partial charge in [-0.1, -0.05) is 68.9 Å². The van der Waals surface area contributed by atoms with E-state index in [0.29, 0.717) is 16.3 Å². The first-order valence-electron chi connectivity index (χ1n) is 6.32. The number of methoxy groups -OCH3 is 1. The van der Waals surface area contributed by atoms with Crippen molar-refractivity contribution in [2.45, 2.75) is 23.6 Å². The van der Waals surface area contributed by atoms with E-state index >= 15 is 0 Å². The van der Waals surface area contributed by atoms with Crippen LogP contribution in [-0.4, -0.2) is 56.9 Å². The van der Waals surface area contributed by atoms with Crippen LogP contribution in [0.2, 0.25) is 0 Å². The van der Waals surface area contributed by atoms with Crippen LogP contribution in [0.3, 0.4) is 0 Å². The monoisotopic (exact) mass is 387 g/mol. The predicted molar refractivity (Wildman–Crippen MR) is 87.3 cm³/mol. The molecule has 2 unspecified atom stereocenters. The molecule has 1 saturated heterocycles. The molecule has 0 aromatic rings. The van der Waals surface area contributed by atoms with Gasteiger partial charge < -0.3 is 4.74 Å². The topological polar surface area (TPSA) is 36.0 Å². The van der Waals surface area contributed by atoms with Crippen molar-refractivity contribution < 1.29 is 14.0 Å². The average molecular weight is 389 g/mol. The first kappa shape index (κ1) is 17.9. The molecule has 2 amide bonds. The molecule has 0 radical (unpaired) electrons. The lowest BCUT2D eigenvalue weighted by atomic mass is 10.1. The van der Waals surface area contributed by atoms with E-state index in [-0.39, 0.29) is 11.8 Å². The van der Waals surface area contributed by atoms with Gasteiger partial charge in [-0.05, 0) is 6.08 Å². The van der Waals surface area contributed by atoms with Crippen LogP contribution in [-0.2, 0) is 4.74 Å². The van der Waals surface area contributed by atoms with Crippen LogP contribution in [0.25, 0.3) is 0 Å². The van der Waals surface area contributed by atoms with E-state index in [1.165, 1.54) is 12.0 Å². The maximum atomic E-state index is 14.2. The number of hydrazine groups is 1. The van der Waals surface area contributed by atoms with Gasteiger partial charge in [-0.15, -0.1) is 5.01 Å². The molecule has 0 aromatic heterocycles. The molecule has 22 heavy (non-hydrogen) atoms. The quantitative estimate of drug-likeness (QED) is 0.313. The largest absolute Gasteiger partial charge is 0.385 e. The SMILES string of the molecule is COCCC1N(C2C=CC=C(Cl)C2=S)C(=O)N(F)N1C(Cl)Cl. The Hall–Kier alpha value is -0.440. The number of amides is 2. The van der Waals surface area contributed by atoms with Crippen LogP contribution in [0.1, 0.15) is 6.42 Å². The third-order valence-corrected chi connectivity index (χ3v) is 4.63. The highest BCUT2D eigenvalue weighted by Gasteiger charge is 2.50. The summed E-state index contributed by atoms with van der Waals surface area (Å²) >= 11 is 22.8. The molecule has 0 spiro atoms. The Morgan fingerprint density at radius 3 is 2.77 bits per heavy atom. The fourth-order valence-electron chi connectivity index (χ4n) is 2.35. The smallest absolute Gasteiger partial charge is 0.366 e. The molecule has 10 heteroatoms. The second kappa shape index (κ2) is 7.42. The fourth-order valence-corrected chi connectivity index (χ4v) is 3.20. The summed E-state index contributed by atoms with van der Waals surface area (Å²) in [7, 11) is 1.50. The minimum atomic E-state index is -1.24. The summed E-state index contributed by atoms with van der Waals surface area (Å²) in [4.78, 5) is 12.6. The van der Waals surface area contributed by atoms with Crippen molar-refractivity contribution in [3.05, 3.63) is 23.3 Å². The number of thiocarbonyl (C=S) groups is 1. The molecular formula is C12H13Cl3FN3O2S. The van der Waals surface area contributed by atoms with E-state index in [2.05, 4.69) is 0 Å². The number of carbonyl (C=O) groups is 1. The van der Waals surface area contributed by atoms with Crippen LogP contribution in [0.15, 0.2) is 23.3 Å². The molecule has 1 heterocycles. The minimum Gasteiger partial charge on any atom is -0.385 e. The molecule has 0 N–H and O–H groups in total. The van der Waals surface area contributed by atoms with E-state index in [1.54, 1.807) is 18.2 Å². The Morgan fingerprint density at radius 1 is 1.50 bits per heavy atom. The van der Waals surface area contributed by atoms with Crippen LogP contribution >= 0.6 is 47.0 Å². The number of hydrogen-bond acceptors (Lipinski definition) is 4. The number of rotatable bonds is 5. The first-order chi connectivity index (χ1) is 10.4. The lowest BCUT2D eigenvalue weighted by Gasteiger charge is -2.33.